The van der Waals surface area contributed by atoms with Gasteiger partial charge in [0.2, 0.25) is 0 Å². The molecule has 3 rings (SSSR count). The third kappa shape index (κ3) is 4.32. The van der Waals surface area contributed by atoms with E-state index in [1.165, 1.54) is 18.0 Å². The molecule has 0 atom stereocenters. The van der Waals surface area contributed by atoms with E-state index in [0.29, 0.717) is 17.3 Å². The number of nitrogens with zero attached hydrogens (tertiary/aromatic N) is 2. The van der Waals surface area contributed by atoms with Crippen molar-refractivity contribution in [2.45, 2.75) is 6.92 Å². The lowest BCUT2D eigenvalue weighted by Gasteiger charge is -2.08. The molecule has 1 amide bonds. The summed E-state index contributed by atoms with van der Waals surface area (Å²) in [7, 11) is 1.58. The first-order chi connectivity index (χ1) is 12.1. The zero-order valence-electron chi connectivity index (χ0n) is 14.0. The van der Waals surface area contributed by atoms with E-state index in [2.05, 4.69) is 20.6 Å². The van der Waals surface area contributed by atoms with Crippen LogP contribution in [-0.2, 0) is 0 Å². The SMILES string of the molecule is COc1cccc(NC(=O)c2cnc(Nc3ccc(C)cc3)cn2)c1. The summed E-state index contributed by atoms with van der Waals surface area (Å²) in [6.45, 7) is 2.03. The monoisotopic (exact) mass is 334 g/mol. The molecule has 25 heavy (non-hydrogen) atoms. The molecular weight excluding hydrogens is 316 g/mol. The van der Waals surface area contributed by atoms with Crippen molar-refractivity contribution in [3.05, 3.63) is 72.2 Å². The summed E-state index contributed by atoms with van der Waals surface area (Å²) in [4.78, 5) is 20.6. The normalized spacial score (nSPS) is 10.2. The summed E-state index contributed by atoms with van der Waals surface area (Å²) in [6.07, 6.45) is 2.96. The van der Waals surface area contributed by atoms with E-state index in [1.807, 2.05) is 31.2 Å². The average Bonchev–Trinajstić information content (AvgIpc) is 2.64. The summed E-state index contributed by atoms with van der Waals surface area (Å²) in [5.74, 6) is 0.908. The van der Waals surface area contributed by atoms with Gasteiger partial charge >= 0.3 is 0 Å². The number of benzene rings is 2. The van der Waals surface area contributed by atoms with Crippen molar-refractivity contribution in [2.24, 2.45) is 0 Å². The lowest BCUT2D eigenvalue weighted by molar-refractivity contribution is 0.102. The standard InChI is InChI=1S/C19H18N4O2/c1-13-6-8-14(9-7-13)22-18-12-20-17(11-21-18)19(24)23-15-4-3-5-16(10-15)25-2/h3-12H,1-2H3,(H,21,22)(H,23,24). The van der Waals surface area contributed by atoms with Gasteiger partial charge in [0.15, 0.2) is 0 Å². The van der Waals surface area contributed by atoms with Gasteiger partial charge in [0.25, 0.3) is 5.91 Å². The maximum atomic E-state index is 12.2. The number of aromatic nitrogens is 2. The zero-order chi connectivity index (χ0) is 17.6. The molecule has 1 aromatic heterocycles. The smallest absolute Gasteiger partial charge is 0.275 e. The van der Waals surface area contributed by atoms with Gasteiger partial charge in [-0.15, -0.1) is 0 Å². The summed E-state index contributed by atoms with van der Waals surface area (Å²) in [5, 5.41) is 5.91. The molecule has 1 heterocycles. The van der Waals surface area contributed by atoms with Crippen molar-refractivity contribution in [2.75, 3.05) is 17.7 Å². The van der Waals surface area contributed by atoms with Crippen LogP contribution < -0.4 is 15.4 Å². The summed E-state index contributed by atoms with van der Waals surface area (Å²) in [5.41, 5.74) is 2.96. The van der Waals surface area contributed by atoms with Crippen molar-refractivity contribution in [1.29, 1.82) is 0 Å². The Kier molecular flexibility index (Phi) is 4.89. The number of amides is 1. The third-order valence-corrected chi connectivity index (χ3v) is 3.54. The molecule has 6 nitrogen and oxygen atoms in total. The number of carbonyl (C=O) groups excluding carboxylic acids is 1. The van der Waals surface area contributed by atoms with Crippen LogP contribution in [0.25, 0.3) is 0 Å². The Bertz CT molecular complexity index is 861. The number of hydrogen-bond acceptors (Lipinski definition) is 5. The Morgan fingerprint density at radius 1 is 1.00 bits per heavy atom. The first-order valence-electron chi connectivity index (χ1n) is 7.75. The number of aryl methyl sites for hydroxylation is 1. The van der Waals surface area contributed by atoms with Crippen molar-refractivity contribution in [3.63, 3.8) is 0 Å². The van der Waals surface area contributed by atoms with Crippen LogP contribution >= 0.6 is 0 Å². The Hall–Kier alpha value is -3.41. The average molecular weight is 334 g/mol. The van der Waals surface area contributed by atoms with Crippen LogP contribution in [0.2, 0.25) is 0 Å². The molecule has 0 fully saturated rings. The molecule has 3 aromatic rings. The number of carbonyl (C=O) groups is 1. The molecule has 0 saturated heterocycles. The number of rotatable bonds is 5. The largest absolute Gasteiger partial charge is 0.497 e. The van der Waals surface area contributed by atoms with Gasteiger partial charge in [-0.1, -0.05) is 23.8 Å². The van der Waals surface area contributed by atoms with Crippen molar-refractivity contribution in [1.82, 2.24) is 9.97 Å². The fraction of sp³-hybridized carbons (Fsp3) is 0.105. The second-order valence-electron chi connectivity index (χ2n) is 5.46. The molecule has 126 valence electrons. The van der Waals surface area contributed by atoms with E-state index in [9.17, 15) is 4.79 Å². The molecule has 0 spiro atoms. The number of anilines is 3. The van der Waals surface area contributed by atoms with Crippen LogP contribution in [0.3, 0.4) is 0 Å². The summed E-state index contributed by atoms with van der Waals surface area (Å²) in [6, 6.07) is 15.0. The van der Waals surface area contributed by atoms with Gasteiger partial charge in [0.05, 0.1) is 19.5 Å². The van der Waals surface area contributed by atoms with E-state index >= 15 is 0 Å². The van der Waals surface area contributed by atoms with Gasteiger partial charge in [-0.3, -0.25) is 4.79 Å². The third-order valence-electron chi connectivity index (χ3n) is 3.54. The molecule has 0 aliphatic heterocycles. The molecule has 2 aromatic carbocycles. The summed E-state index contributed by atoms with van der Waals surface area (Å²) >= 11 is 0. The van der Waals surface area contributed by atoms with Crippen LogP contribution in [0.15, 0.2) is 60.9 Å². The molecule has 0 radical (unpaired) electrons. The second kappa shape index (κ2) is 7.44. The molecule has 0 aliphatic carbocycles. The van der Waals surface area contributed by atoms with Gasteiger partial charge in [-0.25, -0.2) is 9.97 Å². The minimum absolute atomic E-state index is 0.234. The van der Waals surface area contributed by atoms with E-state index in [1.54, 1.807) is 31.4 Å². The van der Waals surface area contributed by atoms with Gasteiger partial charge in [-0.2, -0.15) is 0 Å². The fourth-order valence-corrected chi connectivity index (χ4v) is 2.19. The van der Waals surface area contributed by atoms with E-state index in [-0.39, 0.29) is 11.6 Å². The van der Waals surface area contributed by atoms with Crippen molar-refractivity contribution >= 4 is 23.1 Å². The lowest BCUT2D eigenvalue weighted by atomic mass is 10.2. The van der Waals surface area contributed by atoms with Crippen molar-refractivity contribution in [3.8, 4) is 5.75 Å². The molecule has 0 bridgehead atoms. The number of methoxy groups -OCH3 is 1. The van der Waals surface area contributed by atoms with Gasteiger partial charge < -0.3 is 15.4 Å². The Balaban J connectivity index is 1.66. The highest BCUT2D eigenvalue weighted by Gasteiger charge is 2.09. The topological polar surface area (TPSA) is 76.1 Å². The fourth-order valence-electron chi connectivity index (χ4n) is 2.19. The first-order valence-corrected chi connectivity index (χ1v) is 7.75. The number of hydrogen-bond donors (Lipinski definition) is 2. The van der Waals surface area contributed by atoms with Crippen LogP contribution in [0.1, 0.15) is 16.1 Å². The van der Waals surface area contributed by atoms with Gasteiger partial charge in [0, 0.05) is 17.4 Å². The lowest BCUT2D eigenvalue weighted by Crippen LogP contribution is -2.14. The van der Waals surface area contributed by atoms with Crippen molar-refractivity contribution < 1.29 is 9.53 Å². The zero-order valence-corrected chi connectivity index (χ0v) is 14.0. The highest BCUT2D eigenvalue weighted by Crippen LogP contribution is 2.18. The second-order valence-corrected chi connectivity index (χ2v) is 5.46. The van der Waals surface area contributed by atoms with Gasteiger partial charge in [0.1, 0.15) is 17.3 Å². The van der Waals surface area contributed by atoms with Gasteiger partial charge in [-0.05, 0) is 31.2 Å². The van der Waals surface area contributed by atoms with Crippen LogP contribution in [-0.4, -0.2) is 23.0 Å². The van der Waals surface area contributed by atoms with E-state index in [4.69, 9.17) is 4.74 Å². The molecule has 6 heteroatoms. The molecule has 0 unspecified atom stereocenters. The molecule has 0 saturated carbocycles. The molecular formula is C19H18N4O2. The first kappa shape index (κ1) is 16.4. The molecule has 2 N–H and O–H groups in total. The van der Waals surface area contributed by atoms with E-state index < -0.39 is 0 Å². The van der Waals surface area contributed by atoms with Crippen LogP contribution in [0, 0.1) is 6.92 Å². The predicted molar refractivity (Wildman–Crippen MR) is 97.4 cm³/mol. The predicted octanol–water partition coefficient (Wildman–Crippen LogP) is 3.79. The highest BCUT2D eigenvalue weighted by molar-refractivity contribution is 6.02. The quantitative estimate of drug-likeness (QED) is 0.742. The van der Waals surface area contributed by atoms with Crippen LogP contribution in [0.4, 0.5) is 17.2 Å². The number of ether oxygens (including phenoxy) is 1. The van der Waals surface area contributed by atoms with Crippen LogP contribution in [0.5, 0.6) is 5.75 Å². The van der Waals surface area contributed by atoms with E-state index in [0.717, 1.165) is 5.69 Å². The highest BCUT2D eigenvalue weighted by atomic mass is 16.5. The molecule has 0 aliphatic rings. The Morgan fingerprint density at radius 2 is 1.80 bits per heavy atom. The summed E-state index contributed by atoms with van der Waals surface area (Å²) < 4.78 is 5.13. The maximum absolute atomic E-state index is 12.2. The minimum Gasteiger partial charge on any atom is -0.497 e. The minimum atomic E-state index is -0.331. The number of nitrogens with one attached hydrogen (secondary N) is 2. The Labute approximate surface area is 145 Å². The maximum Gasteiger partial charge on any atom is 0.275 e. The Morgan fingerprint density at radius 3 is 2.48 bits per heavy atom.